The van der Waals surface area contributed by atoms with Gasteiger partial charge >= 0.3 is 0 Å². The lowest BCUT2D eigenvalue weighted by atomic mass is 9.96. The Morgan fingerprint density at radius 1 is 1.18 bits per heavy atom. The van der Waals surface area contributed by atoms with Gasteiger partial charge in [-0.05, 0) is 6.07 Å². The van der Waals surface area contributed by atoms with E-state index < -0.39 is 0 Å². The van der Waals surface area contributed by atoms with E-state index >= 15 is 0 Å². The number of morpholine rings is 1. The van der Waals surface area contributed by atoms with Gasteiger partial charge in [-0.15, -0.1) is 0 Å². The number of hydrazine groups is 1. The summed E-state index contributed by atoms with van der Waals surface area (Å²) in [4.78, 5) is 25.3. The molecular formula is C14H20N6O2. The summed E-state index contributed by atoms with van der Waals surface area (Å²) in [6.45, 7) is 4.22. The van der Waals surface area contributed by atoms with E-state index in [1.807, 2.05) is 11.0 Å². The minimum absolute atomic E-state index is 0.166. The summed E-state index contributed by atoms with van der Waals surface area (Å²) >= 11 is 0. The number of nitrogens with zero attached hydrogens (tertiary/aromatic N) is 4. The molecule has 8 nitrogen and oxygen atoms in total. The number of amides is 1. The third kappa shape index (κ3) is 2.43. The Morgan fingerprint density at radius 2 is 1.95 bits per heavy atom. The molecule has 0 bridgehead atoms. The maximum Gasteiger partial charge on any atom is 0.241 e. The van der Waals surface area contributed by atoms with E-state index in [-0.39, 0.29) is 23.9 Å². The van der Waals surface area contributed by atoms with Crippen LogP contribution in [0.3, 0.4) is 0 Å². The van der Waals surface area contributed by atoms with Crippen molar-refractivity contribution < 1.29 is 9.53 Å². The van der Waals surface area contributed by atoms with Crippen LogP contribution in [-0.2, 0) is 9.53 Å². The van der Waals surface area contributed by atoms with Crippen molar-refractivity contribution in [3.05, 3.63) is 18.5 Å². The molecule has 4 rings (SSSR count). The first-order valence-corrected chi connectivity index (χ1v) is 7.72. The quantitative estimate of drug-likeness (QED) is 0.696. The number of ether oxygens (including phenoxy) is 1. The number of carbonyl (C=O) groups excluding carboxylic acids is 1. The highest BCUT2D eigenvalue weighted by atomic mass is 16.5. The number of nitrogens with one attached hydrogen (secondary N) is 2. The second-order valence-corrected chi connectivity index (χ2v) is 5.93. The Kier molecular flexibility index (Phi) is 3.65. The Hall–Kier alpha value is -1.77. The SMILES string of the molecule is O=C(C1NNC2CN(c3ncccn3)CC21)N1CCOCC1. The number of hydrogen-bond acceptors (Lipinski definition) is 7. The summed E-state index contributed by atoms with van der Waals surface area (Å²) in [5.74, 6) is 1.13. The van der Waals surface area contributed by atoms with Crippen LogP contribution in [0.4, 0.5) is 5.95 Å². The fourth-order valence-corrected chi connectivity index (χ4v) is 3.47. The van der Waals surface area contributed by atoms with Crippen molar-refractivity contribution in [3.8, 4) is 0 Å². The summed E-state index contributed by atoms with van der Waals surface area (Å²) in [7, 11) is 0. The number of aromatic nitrogens is 2. The highest BCUT2D eigenvalue weighted by Crippen LogP contribution is 2.27. The molecule has 1 aromatic heterocycles. The molecule has 0 aromatic carbocycles. The van der Waals surface area contributed by atoms with E-state index in [1.165, 1.54) is 0 Å². The van der Waals surface area contributed by atoms with Crippen LogP contribution in [0, 0.1) is 5.92 Å². The van der Waals surface area contributed by atoms with Gasteiger partial charge in [-0.1, -0.05) is 0 Å². The van der Waals surface area contributed by atoms with Gasteiger partial charge in [-0.25, -0.2) is 15.4 Å². The van der Waals surface area contributed by atoms with Crippen molar-refractivity contribution in [2.24, 2.45) is 5.92 Å². The second kappa shape index (κ2) is 5.79. The van der Waals surface area contributed by atoms with Crippen molar-refractivity contribution in [1.82, 2.24) is 25.7 Å². The average Bonchev–Trinajstić information content (AvgIpc) is 3.16. The van der Waals surface area contributed by atoms with Gasteiger partial charge in [0.25, 0.3) is 0 Å². The van der Waals surface area contributed by atoms with E-state index in [0.29, 0.717) is 26.3 Å². The first-order valence-electron chi connectivity index (χ1n) is 7.72. The summed E-state index contributed by atoms with van der Waals surface area (Å²) in [5, 5.41) is 0. The highest BCUT2D eigenvalue weighted by molar-refractivity contribution is 5.83. The molecule has 0 spiro atoms. The van der Waals surface area contributed by atoms with Crippen molar-refractivity contribution >= 4 is 11.9 Å². The monoisotopic (exact) mass is 304 g/mol. The van der Waals surface area contributed by atoms with Crippen LogP contribution in [0.2, 0.25) is 0 Å². The van der Waals surface area contributed by atoms with E-state index in [0.717, 1.165) is 19.0 Å². The van der Waals surface area contributed by atoms with Crippen LogP contribution in [0.1, 0.15) is 0 Å². The fraction of sp³-hybridized carbons (Fsp3) is 0.643. The predicted octanol–water partition coefficient (Wildman–Crippen LogP) is -1.38. The molecule has 3 fully saturated rings. The van der Waals surface area contributed by atoms with E-state index in [2.05, 4.69) is 25.7 Å². The van der Waals surface area contributed by atoms with Crippen LogP contribution in [0.5, 0.6) is 0 Å². The molecule has 118 valence electrons. The van der Waals surface area contributed by atoms with Crippen LogP contribution < -0.4 is 15.8 Å². The molecule has 0 radical (unpaired) electrons. The molecule has 3 aliphatic heterocycles. The molecule has 2 N–H and O–H groups in total. The summed E-state index contributed by atoms with van der Waals surface area (Å²) in [6.07, 6.45) is 3.50. The van der Waals surface area contributed by atoms with Gasteiger partial charge in [0.2, 0.25) is 11.9 Å². The van der Waals surface area contributed by atoms with Gasteiger partial charge in [0.15, 0.2) is 0 Å². The Bertz CT molecular complexity index is 535. The molecule has 3 unspecified atom stereocenters. The number of carbonyl (C=O) groups is 1. The maximum absolute atomic E-state index is 12.7. The van der Waals surface area contributed by atoms with Crippen molar-refractivity contribution in [1.29, 1.82) is 0 Å². The summed E-state index contributed by atoms with van der Waals surface area (Å²) in [5.41, 5.74) is 6.44. The van der Waals surface area contributed by atoms with E-state index in [4.69, 9.17) is 4.74 Å². The molecule has 0 saturated carbocycles. The number of anilines is 1. The topological polar surface area (TPSA) is 82.6 Å². The largest absolute Gasteiger partial charge is 0.378 e. The first kappa shape index (κ1) is 13.9. The van der Waals surface area contributed by atoms with Crippen molar-refractivity contribution in [3.63, 3.8) is 0 Å². The first-order chi connectivity index (χ1) is 10.8. The van der Waals surface area contributed by atoms with Gasteiger partial charge in [0.05, 0.1) is 13.2 Å². The lowest BCUT2D eigenvalue weighted by Gasteiger charge is -2.30. The van der Waals surface area contributed by atoms with Crippen LogP contribution in [-0.4, -0.2) is 72.3 Å². The number of hydrogen-bond donors (Lipinski definition) is 2. The Balaban J connectivity index is 1.45. The third-order valence-corrected chi connectivity index (χ3v) is 4.64. The molecule has 3 atom stereocenters. The normalized spacial score (nSPS) is 31.4. The lowest BCUT2D eigenvalue weighted by Crippen LogP contribution is -2.52. The third-order valence-electron chi connectivity index (χ3n) is 4.64. The minimum Gasteiger partial charge on any atom is -0.378 e. The summed E-state index contributed by atoms with van der Waals surface area (Å²) < 4.78 is 5.32. The highest BCUT2D eigenvalue weighted by Gasteiger charge is 2.47. The second-order valence-electron chi connectivity index (χ2n) is 5.93. The van der Waals surface area contributed by atoms with Gasteiger partial charge in [0.1, 0.15) is 6.04 Å². The van der Waals surface area contributed by atoms with Gasteiger partial charge in [0, 0.05) is 50.5 Å². The molecule has 4 heterocycles. The predicted molar refractivity (Wildman–Crippen MR) is 79.0 cm³/mol. The minimum atomic E-state index is -0.184. The van der Waals surface area contributed by atoms with Crippen LogP contribution >= 0.6 is 0 Å². The van der Waals surface area contributed by atoms with Crippen molar-refractivity contribution in [2.75, 3.05) is 44.3 Å². The maximum atomic E-state index is 12.7. The molecule has 3 aliphatic rings. The molecule has 1 amide bonds. The van der Waals surface area contributed by atoms with Crippen molar-refractivity contribution in [2.45, 2.75) is 12.1 Å². The van der Waals surface area contributed by atoms with E-state index in [1.54, 1.807) is 12.4 Å². The number of fused-ring (bicyclic) bond motifs is 1. The number of rotatable bonds is 2. The zero-order chi connectivity index (χ0) is 14.9. The Labute approximate surface area is 128 Å². The molecular weight excluding hydrogens is 284 g/mol. The van der Waals surface area contributed by atoms with E-state index in [9.17, 15) is 4.79 Å². The van der Waals surface area contributed by atoms with Gasteiger partial charge in [-0.3, -0.25) is 10.2 Å². The molecule has 22 heavy (non-hydrogen) atoms. The molecule has 3 saturated heterocycles. The standard InChI is InChI=1S/C14H20N6O2/c21-13(19-4-6-22-7-5-19)12-10-8-20(9-11(10)17-18-12)14-15-2-1-3-16-14/h1-3,10-12,17-18H,4-9H2. The van der Waals surface area contributed by atoms with Gasteiger partial charge < -0.3 is 14.5 Å². The molecule has 0 aliphatic carbocycles. The van der Waals surface area contributed by atoms with Crippen LogP contribution in [0.15, 0.2) is 18.5 Å². The molecule has 8 heteroatoms. The lowest BCUT2D eigenvalue weighted by molar-refractivity contribution is -0.138. The van der Waals surface area contributed by atoms with Crippen LogP contribution in [0.25, 0.3) is 0 Å². The smallest absolute Gasteiger partial charge is 0.241 e. The zero-order valence-electron chi connectivity index (χ0n) is 12.3. The zero-order valence-corrected chi connectivity index (χ0v) is 12.3. The molecule has 1 aromatic rings. The average molecular weight is 304 g/mol. The fourth-order valence-electron chi connectivity index (χ4n) is 3.47. The van der Waals surface area contributed by atoms with Gasteiger partial charge in [-0.2, -0.15) is 0 Å². The summed E-state index contributed by atoms with van der Waals surface area (Å²) in [6, 6.07) is 1.88. The Morgan fingerprint density at radius 3 is 2.73 bits per heavy atom.